The van der Waals surface area contributed by atoms with Gasteiger partial charge in [-0.2, -0.15) is 0 Å². The molecule has 2 amide bonds. The first-order valence-electron chi connectivity index (χ1n) is 8.07. The number of hydrogen-bond acceptors (Lipinski definition) is 5. The van der Waals surface area contributed by atoms with Gasteiger partial charge in [0.25, 0.3) is 5.91 Å². The third-order valence-corrected chi connectivity index (χ3v) is 4.56. The van der Waals surface area contributed by atoms with Crippen LogP contribution in [-0.2, 0) is 14.4 Å². The van der Waals surface area contributed by atoms with Crippen molar-refractivity contribution in [1.82, 2.24) is 9.88 Å². The van der Waals surface area contributed by atoms with Crippen molar-refractivity contribution in [2.75, 3.05) is 12.1 Å². The minimum atomic E-state index is -0.777. The first kappa shape index (κ1) is 15.5. The molecule has 0 spiro atoms. The van der Waals surface area contributed by atoms with Gasteiger partial charge in [-0.1, -0.05) is 36.4 Å². The Hall–Kier alpha value is -2.99. The first-order chi connectivity index (χ1) is 12.2. The molecule has 25 heavy (non-hydrogen) atoms. The van der Waals surface area contributed by atoms with Crippen LogP contribution < -0.4 is 5.06 Å². The lowest BCUT2D eigenvalue weighted by Gasteiger charge is -2.25. The van der Waals surface area contributed by atoms with Crippen LogP contribution in [0.3, 0.4) is 0 Å². The minimum Gasteiger partial charge on any atom is -0.283 e. The molecule has 0 unspecified atom stereocenters. The molecule has 6 heteroatoms. The third-order valence-electron chi connectivity index (χ3n) is 4.56. The number of amides is 2. The topological polar surface area (TPSA) is 62.7 Å². The molecule has 0 N–H and O–H groups in total. The summed E-state index contributed by atoms with van der Waals surface area (Å²) in [6, 6.07) is 12.9. The van der Waals surface area contributed by atoms with Crippen LogP contribution in [-0.4, -0.2) is 40.9 Å². The minimum absolute atomic E-state index is 0.214. The maximum Gasteiger partial charge on any atom is 0.261 e. The number of anilines is 1. The number of para-hydroxylation sites is 1. The highest BCUT2D eigenvalue weighted by Gasteiger charge is 2.57. The number of pyridine rings is 1. The molecule has 0 aliphatic carbocycles. The van der Waals surface area contributed by atoms with Crippen molar-refractivity contribution in [2.45, 2.75) is 12.1 Å². The number of hydroxylamine groups is 1. The monoisotopic (exact) mass is 335 g/mol. The van der Waals surface area contributed by atoms with Gasteiger partial charge in [0.15, 0.2) is 6.10 Å². The summed E-state index contributed by atoms with van der Waals surface area (Å²) in [7, 11) is 1.50. The van der Waals surface area contributed by atoms with Crippen molar-refractivity contribution in [1.29, 1.82) is 0 Å². The summed E-state index contributed by atoms with van der Waals surface area (Å²) >= 11 is 0. The van der Waals surface area contributed by atoms with Crippen LogP contribution in [0.2, 0.25) is 0 Å². The predicted molar refractivity (Wildman–Crippen MR) is 92.1 cm³/mol. The molecule has 6 nitrogen and oxygen atoms in total. The zero-order valence-electron chi connectivity index (χ0n) is 13.6. The standard InChI is InChI=1S/C19H17N3O3/c1-21-18(23)16-15(10-9-13-6-5-11-20-12-13)22(25-17(16)19(21)24)14-7-3-2-4-8-14/h2-12,15-17H,1H3/b10-9+/t15-,16-,17+/m0/s1. The van der Waals surface area contributed by atoms with Crippen molar-refractivity contribution in [3.8, 4) is 0 Å². The highest BCUT2D eigenvalue weighted by atomic mass is 16.7. The zero-order valence-corrected chi connectivity index (χ0v) is 13.6. The van der Waals surface area contributed by atoms with E-state index in [0.717, 1.165) is 16.2 Å². The molecule has 4 rings (SSSR count). The third kappa shape index (κ3) is 2.60. The van der Waals surface area contributed by atoms with Crippen molar-refractivity contribution in [3.05, 3.63) is 66.5 Å². The number of carbonyl (C=O) groups is 2. The molecule has 1 aromatic carbocycles. The number of imide groups is 1. The lowest BCUT2D eigenvalue weighted by Crippen LogP contribution is -2.37. The molecule has 126 valence electrons. The van der Waals surface area contributed by atoms with Crippen molar-refractivity contribution in [3.63, 3.8) is 0 Å². The number of hydrogen-bond donors (Lipinski definition) is 0. The fraction of sp³-hybridized carbons (Fsp3) is 0.211. The summed E-state index contributed by atoms with van der Waals surface area (Å²) in [6.45, 7) is 0. The predicted octanol–water partition coefficient (Wildman–Crippen LogP) is 1.90. The molecular formula is C19H17N3O3. The SMILES string of the molecule is CN1C(=O)[C@@H]2[C@@H](ON(c3ccccc3)[C@H]2/C=C/c2cccnc2)C1=O. The number of likely N-dealkylation sites (tertiary alicyclic amines) is 1. The van der Waals surface area contributed by atoms with Gasteiger partial charge in [-0.15, -0.1) is 0 Å². The zero-order chi connectivity index (χ0) is 17.4. The largest absolute Gasteiger partial charge is 0.283 e. The van der Waals surface area contributed by atoms with Crippen LogP contribution in [0.5, 0.6) is 0 Å². The van der Waals surface area contributed by atoms with Gasteiger partial charge in [0.2, 0.25) is 5.91 Å². The summed E-state index contributed by atoms with van der Waals surface area (Å²) in [4.78, 5) is 36.0. The molecular weight excluding hydrogens is 318 g/mol. The normalized spacial score (nSPS) is 25.9. The number of rotatable bonds is 3. The number of likely N-dealkylation sites (N-methyl/N-ethyl adjacent to an activating group) is 1. The van der Waals surface area contributed by atoms with Gasteiger partial charge < -0.3 is 0 Å². The van der Waals surface area contributed by atoms with E-state index in [1.807, 2.05) is 54.6 Å². The Morgan fingerprint density at radius 3 is 2.60 bits per heavy atom. The molecule has 2 saturated heterocycles. The molecule has 0 bridgehead atoms. The number of carbonyl (C=O) groups excluding carboxylic acids is 2. The van der Waals surface area contributed by atoms with E-state index in [9.17, 15) is 9.59 Å². The smallest absolute Gasteiger partial charge is 0.261 e. The molecule has 1 aromatic heterocycles. The molecule has 3 atom stereocenters. The molecule has 2 aliphatic heterocycles. The second kappa shape index (κ2) is 6.14. The van der Waals surface area contributed by atoms with Gasteiger partial charge in [-0.3, -0.25) is 24.3 Å². The molecule has 0 saturated carbocycles. The average molecular weight is 335 g/mol. The van der Waals surface area contributed by atoms with Crippen LogP contribution in [0.15, 0.2) is 60.9 Å². The van der Waals surface area contributed by atoms with Gasteiger partial charge in [0, 0.05) is 19.4 Å². The Kier molecular flexibility index (Phi) is 3.82. The van der Waals surface area contributed by atoms with Gasteiger partial charge in [0.05, 0.1) is 11.7 Å². The van der Waals surface area contributed by atoms with E-state index in [1.165, 1.54) is 7.05 Å². The van der Waals surface area contributed by atoms with Crippen LogP contribution in [0.4, 0.5) is 5.69 Å². The fourth-order valence-corrected chi connectivity index (χ4v) is 3.27. The van der Waals surface area contributed by atoms with E-state index in [4.69, 9.17) is 4.84 Å². The summed E-state index contributed by atoms with van der Waals surface area (Å²) < 4.78 is 0. The Morgan fingerprint density at radius 1 is 1.08 bits per heavy atom. The average Bonchev–Trinajstić information content (AvgIpc) is 3.14. The second-order valence-electron chi connectivity index (χ2n) is 6.08. The van der Waals surface area contributed by atoms with Crippen molar-refractivity contribution in [2.24, 2.45) is 5.92 Å². The van der Waals surface area contributed by atoms with E-state index < -0.39 is 12.0 Å². The summed E-state index contributed by atoms with van der Waals surface area (Å²) in [5.41, 5.74) is 1.73. The Morgan fingerprint density at radius 2 is 1.88 bits per heavy atom. The summed E-state index contributed by atoms with van der Waals surface area (Å²) in [5, 5.41) is 1.66. The van der Waals surface area contributed by atoms with E-state index in [0.29, 0.717) is 0 Å². The molecule has 2 fully saturated rings. The van der Waals surface area contributed by atoms with E-state index in [2.05, 4.69) is 4.98 Å². The lowest BCUT2D eigenvalue weighted by molar-refractivity contribution is -0.141. The highest BCUT2D eigenvalue weighted by molar-refractivity contribution is 6.07. The fourth-order valence-electron chi connectivity index (χ4n) is 3.27. The molecule has 2 aromatic rings. The van der Waals surface area contributed by atoms with E-state index in [1.54, 1.807) is 17.5 Å². The number of fused-ring (bicyclic) bond motifs is 1. The van der Waals surface area contributed by atoms with Crippen molar-refractivity contribution >= 4 is 23.6 Å². The highest BCUT2D eigenvalue weighted by Crippen LogP contribution is 2.38. The van der Waals surface area contributed by atoms with Gasteiger partial charge in [-0.05, 0) is 23.8 Å². The Bertz CT molecular complexity index is 822. The maximum atomic E-state index is 12.5. The van der Waals surface area contributed by atoms with Gasteiger partial charge in [-0.25, -0.2) is 5.06 Å². The van der Waals surface area contributed by atoms with Gasteiger partial charge in [0.1, 0.15) is 5.92 Å². The molecule has 2 aliphatic rings. The summed E-state index contributed by atoms with van der Waals surface area (Å²) in [5.74, 6) is -1.06. The Balaban J connectivity index is 1.71. The number of benzene rings is 1. The van der Waals surface area contributed by atoms with Crippen LogP contribution in [0.25, 0.3) is 6.08 Å². The van der Waals surface area contributed by atoms with Gasteiger partial charge >= 0.3 is 0 Å². The quantitative estimate of drug-likeness (QED) is 0.802. The second-order valence-corrected chi connectivity index (χ2v) is 6.08. The lowest BCUT2D eigenvalue weighted by atomic mass is 9.95. The van der Waals surface area contributed by atoms with E-state index >= 15 is 0 Å². The maximum absolute atomic E-state index is 12.5. The van der Waals surface area contributed by atoms with Crippen LogP contribution in [0, 0.1) is 5.92 Å². The number of aromatic nitrogens is 1. The van der Waals surface area contributed by atoms with Crippen molar-refractivity contribution < 1.29 is 14.4 Å². The summed E-state index contributed by atoms with van der Waals surface area (Å²) in [6.07, 6.45) is 6.47. The number of nitrogens with zero attached hydrogens (tertiary/aromatic N) is 3. The van der Waals surface area contributed by atoms with E-state index in [-0.39, 0.29) is 17.9 Å². The van der Waals surface area contributed by atoms with Crippen LogP contribution >= 0.6 is 0 Å². The molecule has 3 heterocycles. The first-order valence-corrected chi connectivity index (χ1v) is 8.07. The Labute approximate surface area is 145 Å². The van der Waals surface area contributed by atoms with Crippen LogP contribution in [0.1, 0.15) is 5.56 Å². The molecule has 0 radical (unpaired) electrons.